The zero-order valence-electron chi connectivity index (χ0n) is 19.6. The van der Waals surface area contributed by atoms with Crippen molar-refractivity contribution in [3.8, 4) is 0 Å². The molecule has 3 N–H and O–H groups in total. The maximum Gasteiger partial charge on any atom is 0.245 e. The molecule has 1 aromatic carbocycles. The second-order valence-electron chi connectivity index (χ2n) is 9.14. The first-order valence-electron chi connectivity index (χ1n) is 12.0. The number of carbonyl (C=O) groups is 1. The van der Waals surface area contributed by atoms with Crippen molar-refractivity contribution < 1.29 is 13.2 Å². The first-order chi connectivity index (χ1) is 16.9. The van der Waals surface area contributed by atoms with Crippen LogP contribution in [0.3, 0.4) is 0 Å². The topological polar surface area (TPSA) is 136 Å². The van der Waals surface area contributed by atoms with Crippen molar-refractivity contribution in [1.82, 2.24) is 29.8 Å². The highest BCUT2D eigenvalue weighted by atomic mass is 32.2. The summed E-state index contributed by atoms with van der Waals surface area (Å²) in [6, 6.07) is 6.71. The quantitative estimate of drug-likeness (QED) is 0.448. The van der Waals surface area contributed by atoms with E-state index in [0.717, 1.165) is 43.4 Å². The van der Waals surface area contributed by atoms with Crippen LogP contribution in [0.15, 0.2) is 41.7 Å². The van der Waals surface area contributed by atoms with Crippen molar-refractivity contribution >= 4 is 38.5 Å². The second-order valence-corrected chi connectivity index (χ2v) is 11.0. The van der Waals surface area contributed by atoms with Crippen molar-refractivity contribution in [2.75, 3.05) is 36.4 Å². The Hall–Kier alpha value is -3.25. The molecule has 2 aliphatic rings. The van der Waals surface area contributed by atoms with Crippen LogP contribution in [0.1, 0.15) is 32.6 Å². The molecule has 5 rings (SSSR count). The van der Waals surface area contributed by atoms with Gasteiger partial charge in [0.05, 0.1) is 23.8 Å². The molecule has 3 aromatic rings. The third kappa shape index (κ3) is 4.80. The molecule has 11 nitrogen and oxygen atoms in total. The summed E-state index contributed by atoms with van der Waals surface area (Å²) in [5.41, 5.74) is 1.12. The summed E-state index contributed by atoms with van der Waals surface area (Å²) in [7, 11) is -3.63. The zero-order valence-corrected chi connectivity index (χ0v) is 20.5. The minimum atomic E-state index is -3.63. The van der Waals surface area contributed by atoms with E-state index in [0.29, 0.717) is 24.4 Å². The van der Waals surface area contributed by atoms with Crippen LogP contribution in [0, 0.1) is 0 Å². The van der Waals surface area contributed by atoms with Gasteiger partial charge in [-0.25, -0.2) is 18.4 Å². The van der Waals surface area contributed by atoms with Gasteiger partial charge in [-0.1, -0.05) is 12.1 Å². The molecule has 2 atom stereocenters. The lowest BCUT2D eigenvalue weighted by molar-refractivity contribution is -0.120. The number of aromatic amines is 1. The molecule has 1 amide bonds. The SMILES string of the molecule is CC1CCCN1S(=O)(=O)c1ccccc1NCC(=O)N[C@@H]1CCCN(c2ncnc3[nH]ncc23)C1. The van der Waals surface area contributed by atoms with E-state index >= 15 is 0 Å². The summed E-state index contributed by atoms with van der Waals surface area (Å²) in [5.74, 6) is 0.617. The molecule has 12 heteroatoms. The van der Waals surface area contributed by atoms with Crippen LogP contribution >= 0.6 is 0 Å². The number of hydrogen-bond acceptors (Lipinski definition) is 8. The molecular formula is C23H30N8O3S. The average Bonchev–Trinajstić information content (AvgIpc) is 3.52. The van der Waals surface area contributed by atoms with Crippen LogP contribution in [0.25, 0.3) is 11.0 Å². The standard InChI is InChI=1S/C23H30N8O3S/c1-16-6-4-11-31(16)35(33,34)20-9-3-2-8-19(20)24-13-21(32)28-17-7-5-10-30(14-17)23-18-12-27-29-22(18)25-15-26-23/h2-3,8-9,12,15-17,24H,4-7,10-11,13-14H2,1H3,(H,28,32)(H,25,26,27,29)/t16?,17-/m1/s1. The molecule has 0 spiro atoms. The van der Waals surface area contributed by atoms with Crippen molar-refractivity contribution in [1.29, 1.82) is 0 Å². The van der Waals surface area contributed by atoms with E-state index in [-0.39, 0.29) is 29.4 Å². The number of anilines is 2. The van der Waals surface area contributed by atoms with Crippen molar-refractivity contribution in [2.45, 2.75) is 49.6 Å². The van der Waals surface area contributed by atoms with Crippen molar-refractivity contribution in [3.05, 3.63) is 36.8 Å². The van der Waals surface area contributed by atoms with E-state index in [1.54, 1.807) is 34.8 Å². The Morgan fingerprint density at radius 2 is 2.00 bits per heavy atom. The molecule has 0 bridgehead atoms. The van der Waals surface area contributed by atoms with Gasteiger partial charge in [-0.3, -0.25) is 9.89 Å². The number of fused-ring (bicyclic) bond motifs is 1. The van der Waals surface area contributed by atoms with Gasteiger partial charge in [-0.15, -0.1) is 0 Å². The molecule has 1 unspecified atom stereocenters. The highest BCUT2D eigenvalue weighted by molar-refractivity contribution is 7.89. The Balaban J connectivity index is 1.22. The largest absolute Gasteiger partial charge is 0.375 e. The number of amides is 1. The van der Waals surface area contributed by atoms with Gasteiger partial charge >= 0.3 is 0 Å². The Bertz CT molecular complexity index is 1310. The maximum absolute atomic E-state index is 13.2. The van der Waals surface area contributed by atoms with E-state index in [9.17, 15) is 13.2 Å². The molecule has 2 saturated heterocycles. The van der Waals surface area contributed by atoms with E-state index in [1.165, 1.54) is 6.33 Å². The summed E-state index contributed by atoms with van der Waals surface area (Å²) in [6.45, 7) is 3.90. The monoisotopic (exact) mass is 498 g/mol. The van der Waals surface area contributed by atoms with Crippen molar-refractivity contribution in [3.63, 3.8) is 0 Å². The number of aromatic nitrogens is 4. The zero-order chi connectivity index (χ0) is 24.4. The van der Waals surface area contributed by atoms with Gasteiger partial charge in [-0.2, -0.15) is 9.40 Å². The minimum absolute atomic E-state index is 0.0158. The van der Waals surface area contributed by atoms with Gasteiger partial charge in [-0.05, 0) is 44.7 Å². The van der Waals surface area contributed by atoms with Gasteiger partial charge in [0.2, 0.25) is 15.9 Å². The summed E-state index contributed by atoms with van der Waals surface area (Å²) >= 11 is 0. The average molecular weight is 499 g/mol. The number of carbonyl (C=O) groups excluding carboxylic acids is 1. The normalized spacial score (nSPS) is 21.3. The first kappa shape index (κ1) is 23.5. The molecule has 2 aliphatic heterocycles. The summed E-state index contributed by atoms with van der Waals surface area (Å²) < 4.78 is 28.0. The summed E-state index contributed by atoms with van der Waals surface area (Å²) in [6.07, 6.45) is 6.71. The van der Waals surface area contributed by atoms with Gasteiger partial charge in [0.25, 0.3) is 0 Å². The summed E-state index contributed by atoms with van der Waals surface area (Å²) in [5, 5.41) is 13.9. The lowest BCUT2D eigenvalue weighted by atomic mass is 10.1. The Morgan fingerprint density at radius 3 is 2.83 bits per heavy atom. The van der Waals surface area contributed by atoms with Crippen molar-refractivity contribution in [2.24, 2.45) is 0 Å². The fourth-order valence-corrected chi connectivity index (χ4v) is 6.84. The molecule has 35 heavy (non-hydrogen) atoms. The number of H-pyrrole nitrogens is 1. The van der Waals surface area contributed by atoms with Crippen LogP contribution in [0.5, 0.6) is 0 Å². The van der Waals surface area contributed by atoms with E-state index in [2.05, 4.69) is 35.7 Å². The van der Waals surface area contributed by atoms with Gasteiger partial charge in [0.15, 0.2) is 5.65 Å². The van der Waals surface area contributed by atoms with Crippen LogP contribution in [-0.4, -0.2) is 77.1 Å². The Labute approximate surface area is 204 Å². The lowest BCUT2D eigenvalue weighted by Crippen LogP contribution is -2.49. The van der Waals surface area contributed by atoms with E-state index < -0.39 is 10.0 Å². The van der Waals surface area contributed by atoms with E-state index in [4.69, 9.17) is 0 Å². The fraction of sp³-hybridized carbons (Fsp3) is 0.478. The fourth-order valence-electron chi connectivity index (χ4n) is 4.97. The summed E-state index contributed by atoms with van der Waals surface area (Å²) in [4.78, 5) is 23.7. The minimum Gasteiger partial charge on any atom is -0.375 e. The van der Waals surface area contributed by atoms with Gasteiger partial charge in [0.1, 0.15) is 17.0 Å². The Morgan fingerprint density at radius 1 is 1.17 bits per heavy atom. The maximum atomic E-state index is 13.2. The number of hydrogen-bond donors (Lipinski definition) is 3. The molecule has 0 saturated carbocycles. The van der Waals surface area contributed by atoms with Crippen LogP contribution in [0.4, 0.5) is 11.5 Å². The van der Waals surface area contributed by atoms with Crippen LogP contribution in [-0.2, 0) is 14.8 Å². The van der Waals surface area contributed by atoms with Crippen LogP contribution < -0.4 is 15.5 Å². The second kappa shape index (κ2) is 9.78. The van der Waals surface area contributed by atoms with Gasteiger partial charge in [0, 0.05) is 31.7 Å². The van der Waals surface area contributed by atoms with Gasteiger partial charge < -0.3 is 15.5 Å². The number of nitrogens with zero attached hydrogens (tertiary/aromatic N) is 5. The van der Waals surface area contributed by atoms with E-state index in [1.807, 2.05) is 6.92 Å². The number of benzene rings is 1. The molecule has 0 aliphatic carbocycles. The number of sulfonamides is 1. The third-order valence-electron chi connectivity index (χ3n) is 6.72. The number of rotatable bonds is 7. The third-order valence-corrected chi connectivity index (χ3v) is 8.79. The first-order valence-corrected chi connectivity index (χ1v) is 13.4. The Kier molecular flexibility index (Phi) is 6.56. The number of piperidine rings is 1. The molecule has 2 fully saturated rings. The predicted octanol–water partition coefficient (Wildman–Crippen LogP) is 1.72. The number of nitrogens with one attached hydrogen (secondary N) is 3. The molecule has 2 aromatic heterocycles. The highest BCUT2D eigenvalue weighted by Crippen LogP contribution is 2.30. The smallest absolute Gasteiger partial charge is 0.245 e. The lowest BCUT2D eigenvalue weighted by Gasteiger charge is -2.34. The predicted molar refractivity (Wildman–Crippen MR) is 133 cm³/mol. The highest BCUT2D eigenvalue weighted by Gasteiger charge is 2.34. The molecule has 0 radical (unpaired) electrons. The number of para-hydroxylation sites is 1. The van der Waals surface area contributed by atoms with Crippen LogP contribution in [0.2, 0.25) is 0 Å². The molecule has 186 valence electrons. The molecular weight excluding hydrogens is 468 g/mol. The molecule has 4 heterocycles.